The maximum atomic E-state index is 12.2. The maximum Gasteiger partial charge on any atom is 0.311 e. The molecular formula is C15H20N2O3. The SMILES string of the molecule is CC1(C(=O)O)CCN(C(=O)CC(N)c2ccccc2)C1. The highest BCUT2D eigenvalue weighted by Crippen LogP contribution is 2.31. The summed E-state index contributed by atoms with van der Waals surface area (Å²) in [6.07, 6.45) is 0.703. The number of nitrogens with zero attached hydrogens (tertiary/aromatic N) is 1. The highest BCUT2D eigenvalue weighted by Gasteiger charge is 2.42. The van der Waals surface area contributed by atoms with Gasteiger partial charge in [0.05, 0.1) is 5.41 Å². The average Bonchev–Trinajstić information content (AvgIpc) is 2.84. The first-order chi connectivity index (χ1) is 9.42. The van der Waals surface area contributed by atoms with Crippen LogP contribution in [0, 0.1) is 5.41 Å². The van der Waals surface area contributed by atoms with Crippen molar-refractivity contribution in [3.8, 4) is 0 Å². The summed E-state index contributed by atoms with van der Waals surface area (Å²) >= 11 is 0. The van der Waals surface area contributed by atoms with Crippen molar-refractivity contribution in [2.75, 3.05) is 13.1 Å². The van der Waals surface area contributed by atoms with E-state index in [0.717, 1.165) is 5.56 Å². The van der Waals surface area contributed by atoms with Crippen LogP contribution < -0.4 is 5.73 Å². The van der Waals surface area contributed by atoms with Crippen LogP contribution in [-0.2, 0) is 9.59 Å². The van der Waals surface area contributed by atoms with E-state index in [0.29, 0.717) is 13.0 Å². The molecule has 5 nitrogen and oxygen atoms in total. The molecule has 0 aromatic heterocycles. The highest BCUT2D eigenvalue weighted by molar-refractivity contribution is 5.80. The Hall–Kier alpha value is -1.88. The van der Waals surface area contributed by atoms with Crippen LogP contribution in [0.5, 0.6) is 0 Å². The number of benzene rings is 1. The minimum Gasteiger partial charge on any atom is -0.481 e. The van der Waals surface area contributed by atoms with E-state index in [1.54, 1.807) is 11.8 Å². The number of nitrogens with two attached hydrogens (primary N) is 1. The number of hydrogen-bond acceptors (Lipinski definition) is 3. The molecule has 0 radical (unpaired) electrons. The van der Waals surface area contributed by atoms with Crippen molar-refractivity contribution in [1.82, 2.24) is 4.90 Å². The predicted molar refractivity (Wildman–Crippen MR) is 74.9 cm³/mol. The minimum atomic E-state index is -0.847. The Kier molecular flexibility index (Phi) is 4.09. The number of carbonyl (C=O) groups excluding carboxylic acids is 1. The van der Waals surface area contributed by atoms with Crippen molar-refractivity contribution >= 4 is 11.9 Å². The lowest BCUT2D eigenvalue weighted by Gasteiger charge is -2.21. The Balaban J connectivity index is 1.95. The molecule has 3 N–H and O–H groups in total. The summed E-state index contributed by atoms with van der Waals surface area (Å²) in [5, 5.41) is 9.17. The van der Waals surface area contributed by atoms with Crippen LogP contribution in [0.3, 0.4) is 0 Å². The third-order valence-electron chi connectivity index (χ3n) is 3.96. The second-order valence-corrected chi connectivity index (χ2v) is 5.65. The van der Waals surface area contributed by atoms with E-state index in [-0.39, 0.29) is 24.9 Å². The fourth-order valence-corrected chi connectivity index (χ4v) is 2.48. The van der Waals surface area contributed by atoms with E-state index in [4.69, 9.17) is 10.8 Å². The summed E-state index contributed by atoms with van der Waals surface area (Å²) in [6.45, 7) is 2.44. The van der Waals surface area contributed by atoms with Crippen LogP contribution >= 0.6 is 0 Å². The molecule has 1 aromatic rings. The van der Waals surface area contributed by atoms with Crippen molar-refractivity contribution in [1.29, 1.82) is 0 Å². The molecule has 2 rings (SSSR count). The minimum absolute atomic E-state index is 0.0775. The predicted octanol–water partition coefficient (Wildman–Crippen LogP) is 1.40. The molecule has 1 amide bonds. The molecule has 1 aliphatic rings. The van der Waals surface area contributed by atoms with E-state index in [1.807, 2.05) is 30.3 Å². The Morgan fingerprint density at radius 2 is 2.05 bits per heavy atom. The van der Waals surface area contributed by atoms with Crippen LogP contribution in [0.4, 0.5) is 0 Å². The van der Waals surface area contributed by atoms with Crippen molar-refractivity contribution < 1.29 is 14.7 Å². The average molecular weight is 276 g/mol. The van der Waals surface area contributed by atoms with Gasteiger partial charge in [0.1, 0.15) is 0 Å². The standard InChI is InChI=1S/C15H20N2O3/c1-15(14(19)20)7-8-17(10-15)13(18)9-12(16)11-5-3-2-4-6-11/h2-6,12H,7-10,16H2,1H3,(H,19,20). The van der Waals surface area contributed by atoms with Crippen molar-refractivity contribution in [3.05, 3.63) is 35.9 Å². The summed E-state index contributed by atoms with van der Waals surface area (Å²) in [7, 11) is 0. The largest absolute Gasteiger partial charge is 0.481 e. The van der Waals surface area contributed by atoms with Gasteiger partial charge in [0, 0.05) is 25.6 Å². The fourth-order valence-electron chi connectivity index (χ4n) is 2.48. The zero-order chi connectivity index (χ0) is 14.8. The van der Waals surface area contributed by atoms with Gasteiger partial charge >= 0.3 is 5.97 Å². The summed E-state index contributed by atoms with van der Waals surface area (Å²) in [4.78, 5) is 25.0. The van der Waals surface area contributed by atoms with Crippen molar-refractivity contribution in [3.63, 3.8) is 0 Å². The highest BCUT2D eigenvalue weighted by atomic mass is 16.4. The molecule has 0 bridgehead atoms. The second kappa shape index (κ2) is 5.63. The molecule has 0 saturated carbocycles. The lowest BCUT2D eigenvalue weighted by atomic mass is 9.90. The topological polar surface area (TPSA) is 83.6 Å². The van der Waals surface area contributed by atoms with Crippen LogP contribution in [0.25, 0.3) is 0 Å². The molecule has 1 aromatic carbocycles. The Morgan fingerprint density at radius 3 is 2.60 bits per heavy atom. The van der Waals surface area contributed by atoms with Gasteiger partial charge in [0.15, 0.2) is 0 Å². The zero-order valence-corrected chi connectivity index (χ0v) is 11.6. The monoisotopic (exact) mass is 276 g/mol. The number of likely N-dealkylation sites (tertiary alicyclic amines) is 1. The van der Waals surface area contributed by atoms with Gasteiger partial charge < -0.3 is 15.7 Å². The van der Waals surface area contributed by atoms with Crippen LogP contribution in [0.1, 0.15) is 31.4 Å². The molecule has 2 atom stereocenters. The van der Waals surface area contributed by atoms with E-state index in [9.17, 15) is 9.59 Å². The molecule has 0 spiro atoms. The second-order valence-electron chi connectivity index (χ2n) is 5.65. The Labute approximate surface area is 118 Å². The molecule has 0 aliphatic carbocycles. The number of carboxylic acids is 1. The molecule has 5 heteroatoms. The molecule has 108 valence electrons. The van der Waals surface area contributed by atoms with Gasteiger partial charge in [-0.3, -0.25) is 9.59 Å². The van der Waals surface area contributed by atoms with Gasteiger partial charge in [-0.2, -0.15) is 0 Å². The van der Waals surface area contributed by atoms with Crippen LogP contribution in [-0.4, -0.2) is 35.0 Å². The number of rotatable bonds is 4. The number of carbonyl (C=O) groups is 2. The quantitative estimate of drug-likeness (QED) is 0.870. The lowest BCUT2D eigenvalue weighted by Crippen LogP contribution is -2.36. The number of hydrogen-bond donors (Lipinski definition) is 2. The normalized spacial score (nSPS) is 23.6. The molecule has 2 unspecified atom stereocenters. The van der Waals surface area contributed by atoms with Gasteiger partial charge in [-0.05, 0) is 18.9 Å². The van der Waals surface area contributed by atoms with E-state index < -0.39 is 11.4 Å². The molecule has 1 saturated heterocycles. The van der Waals surface area contributed by atoms with Gasteiger partial charge in [0.2, 0.25) is 5.91 Å². The van der Waals surface area contributed by atoms with E-state index in [2.05, 4.69) is 0 Å². The van der Waals surface area contributed by atoms with E-state index >= 15 is 0 Å². The lowest BCUT2D eigenvalue weighted by molar-refractivity contribution is -0.147. The first-order valence-electron chi connectivity index (χ1n) is 6.74. The molecule has 20 heavy (non-hydrogen) atoms. The van der Waals surface area contributed by atoms with Gasteiger partial charge in [-0.25, -0.2) is 0 Å². The first kappa shape index (κ1) is 14.5. The van der Waals surface area contributed by atoms with Gasteiger partial charge in [-0.15, -0.1) is 0 Å². The van der Waals surface area contributed by atoms with Crippen molar-refractivity contribution in [2.24, 2.45) is 11.1 Å². The van der Waals surface area contributed by atoms with Crippen LogP contribution in [0.15, 0.2) is 30.3 Å². The number of carboxylic acid groups (broad SMARTS) is 1. The van der Waals surface area contributed by atoms with Gasteiger partial charge in [0.25, 0.3) is 0 Å². The van der Waals surface area contributed by atoms with Gasteiger partial charge in [-0.1, -0.05) is 30.3 Å². The fraction of sp³-hybridized carbons (Fsp3) is 0.467. The number of aliphatic carboxylic acids is 1. The van der Waals surface area contributed by atoms with Crippen LogP contribution in [0.2, 0.25) is 0 Å². The Bertz CT molecular complexity index is 503. The summed E-state index contributed by atoms with van der Waals surface area (Å²) < 4.78 is 0. The number of amides is 1. The third kappa shape index (κ3) is 2.99. The summed E-state index contributed by atoms with van der Waals surface area (Å²) in [5.74, 6) is -0.925. The summed E-state index contributed by atoms with van der Waals surface area (Å²) in [5.41, 5.74) is 6.12. The zero-order valence-electron chi connectivity index (χ0n) is 11.6. The Morgan fingerprint density at radius 1 is 1.40 bits per heavy atom. The molecule has 1 heterocycles. The molecule has 1 fully saturated rings. The maximum absolute atomic E-state index is 12.2. The first-order valence-corrected chi connectivity index (χ1v) is 6.74. The third-order valence-corrected chi connectivity index (χ3v) is 3.96. The van der Waals surface area contributed by atoms with E-state index in [1.165, 1.54) is 0 Å². The van der Waals surface area contributed by atoms with Crippen molar-refractivity contribution in [2.45, 2.75) is 25.8 Å². The summed E-state index contributed by atoms with van der Waals surface area (Å²) in [6, 6.07) is 9.11. The smallest absolute Gasteiger partial charge is 0.311 e. The molecule has 1 aliphatic heterocycles. The molecular weight excluding hydrogens is 256 g/mol.